The molecule has 1 N–H and O–H groups in total. The zero-order chi connectivity index (χ0) is 11.7. The maximum atomic E-state index is 10.1. The van der Waals surface area contributed by atoms with Gasteiger partial charge in [0.15, 0.2) is 0 Å². The molecule has 1 heterocycles. The van der Waals surface area contributed by atoms with Crippen molar-refractivity contribution in [1.82, 2.24) is 9.47 Å². The van der Waals surface area contributed by atoms with E-state index in [4.69, 9.17) is 0 Å². The van der Waals surface area contributed by atoms with Gasteiger partial charge in [-0.3, -0.25) is 0 Å². The summed E-state index contributed by atoms with van der Waals surface area (Å²) >= 11 is 0. The fraction of sp³-hybridized carbons (Fsp3) is 0.385. The van der Waals surface area contributed by atoms with Gasteiger partial charge in [-0.2, -0.15) is 0 Å². The highest BCUT2D eigenvalue weighted by atomic mass is 16.3. The topological polar surface area (TPSA) is 28.4 Å². The quantitative estimate of drug-likeness (QED) is 0.850. The van der Waals surface area contributed by atoms with Crippen LogP contribution in [0, 0.1) is 0 Å². The van der Waals surface area contributed by atoms with Gasteiger partial charge in [-0.25, -0.2) is 0 Å². The van der Waals surface area contributed by atoms with Crippen LogP contribution in [0.25, 0.3) is 10.9 Å². The molecule has 86 valence electrons. The monoisotopic (exact) mass is 218 g/mol. The highest BCUT2D eigenvalue weighted by Gasteiger charge is 2.14. The Morgan fingerprint density at radius 3 is 2.69 bits per heavy atom. The Kier molecular flexibility index (Phi) is 2.99. The van der Waals surface area contributed by atoms with Crippen LogP contribution in [0.2, 0.25) is 0 Å². The summed E-state index contributed by atoms with van der Waals surface area (Å²) in [6.07, 6.45) is 1.58. The molecular formula is C13H18N2O. The number of nitrogens with zero attached hydrogens (tertiary/aromatic N) is 2. The second kappa shape index (κ2) is 4.28. The first kappa shape index (κ1) is 11.2. The molecule has 0 saturated carbocycles. The van der Waals surface area contributed by atoms with Gasteiger partial charge in [0, 0.05) is 36.3 Å². The predicted octanol–water partition coefficient (Wildman–Crippen LogP) is 1.77. The lowest BCUT2D eigenvalue weighted by Crippen LogP contribution is -2.19. The zero-order valence-electron chi connectivity index (χ0n) is 10.0. The van der Waals surface area contributed by atoms with Crippen LogP contribution in [0.15, 0.2) is 30.5 Å². The van der Waals surface area contributed by atoms with E-state index in [0.29, 0.717) is 6.54 Å². The lowest BCUT2D eigenvalue weighted by Gasteiger charge is -2.15. The van der Waals surface area contributed by atoms with Crippen LogP contribution >= 0.6 is 0 Å². The van der Waals surface area contributed by atoms with Gasteiger partial charge >= 0.3 is 0 Å². The third-order valence-electron chi connectivity index (χ3n) is 2.82. The second-order valence-electron chi connectivity index (χ2n) is 4.49. The van der Waals surface area contributed by atoms with Crippen molar-refractivity contribution in [3.05, 3.63) is 36.0 Å². The molecule has 3 heteroatoms. The van der Waals surface area contributed by atoms with Gasteiger partial charge in [0.2, 0.25) is 0 Å². The fourth-order valence-electron chi connectivity index (χ4n) is 2.08. The number of hydrogen-bond donors (Lipinski definition) is 1. The van der Waals surface area contributed by atoms with Crippen molar-refractivity contribution in [3.63, 3.8) is 0 Å². The molecule has 0 radical (unpaired) electrons. The van der Waals surface area contributed by atoms with Crippen molar-refractivity contribution in [1.29, 1.82) is 0 Å². The summed E-state index contributed by atoms with van der Waals surface area (Å²) in [6.45, 7) is 0.647. The molecule has 1 aromatic heterocycles. The number of rotatable bonds is 3. The van der Waals surface area contributed by atoms with E-state index in [0.717, 1.165) is 16.5 Å². The van der Waals surface area contributed by atoms with E-state index in [-0.39, 0.29) is 0 Å². The Morgan fingerprint density at radius 2 is 2.00 bits per heavy atom. The first-order chi connectivity index (χ1) is 7.59. The average molecular weight is 218 g/mol. The zero-order valence-corrected chi connectivity index (χ0v) is 10.0. The van der Waals surface area contributed by atoms with Crippen LogP contribution in [-0.2, 0) is 7.05 Å². The molecule has 0 unspecified atom stereocenters. The van der Waals surface area contributed by atoms with Crippen molar-refractivity contribution < 1.29 is 5.11 Å². The van der Waals surface area contributed by atoms with Gasteiger partial charge in [-0.1, -0.05) is 18.2 Å². The largest absolute Gasteiger partial charge is 0.387 e. The summed E-state index contributed by atoms with van der Waals surface area (Å²) in [5.41, 5.74) is 2.17. The summed E-state index contributed by atoms with van der Waals surface area (Å²) < 4.78 is 2.06. The molecule has 2 rings (SSSR count). The van der Waals surface area contributed by atoms with E-state index in [2.05, 4.69) is 16.7 Å². The number of para-hydroxylation sites is 1. The first-order valence-electron chi connectivity index (χ1n) is 5.46. The number of aliphatic hydroxyl groups is 1. The third kappa shape index (κ3) is 1.96. The highest BCUT2D eigenvalue weighted by Crippen LogP contribution is 2.25. The van der Waals surface area contributed by atoms with Crippen molar-refractivity contribution in [2.24, 2.45) is 7.05 Å². The predicted molar refractivity (Wildman–Crippen MR) is 66.4 cm³/mol. The van der Waals surface area contributed by atoms with E-state index in [1.54, 1.807) is 0 Å². The van der Waals surface area contributed by atoms with Crippen molar-refractivity contribution >= 4 is 10.9 Å². The fourth-order valence-corrected chi connectivity index (χ4v) is 2.08. The SMILES string of the molecule is CN(C)C[C@H](O)c1cn(C)c2ccccc12. The molecule has 0 spiro atoms. The molecule has 0 aliphatic rings. The Labute approximate surface area is 95.9 Å². The van der Waals surface area contributed by atoms with Crippen LogP contribution in [-0.4, -0.2) is 35.2 Å². The average Bonchev–Trinajstić information content (AvgIpc) is 2.56. The van der Waals surface area contributed by atoms with E-state index in [1.807, 2.05) is 44.4 Å². The first-order valence-corrected chi connectivity index (χ1v) is 5.46. The second-order valence-corrected chi connectivity index (χ2v) is 4.49. The van der Waals surface area contributed by atoms with E-state index in [1.165, 1.54) is 0 Å². The van der Waals surface area contributed by atoms with Gasteiger partial charge in [0.1, 0.15) is 0 Å². The number of fused-ring (bicyclic) bond motifs is 1. The van der Waals surface area contributed by atoms with Crippen molar-refractivity contribution in [3.8, 4) is 0 Å². The Morgan fingerprint density at radius 1 is 1.31 bits per heavy atom. The number of aliphatic hydroxyl groups excluding tert-OH is 1. The normalized spacial score (nSPS) is 13.6. The third-order valence-corrected chi connectivity index (χ3v) is 2.82. The maximum Gasteiger partial charge on any atom is 0.0937 e. The van der Waals surface area contributed by atoms with Crippen LogP contribution in [0.1, 0.15) is 11.7 Å². The van der Waals surface area contributed by atoms with Crippen LogP contribution in [0.3, 0.4) is 0 Å². The van der Waals surface area contributed by atoms with Gasteiger partial charge in [0.05, 0.1) is 6.10 Å². The molecule has 0 saturated heterocycles. The molecule has 0 fully saturated rings. The number of likely N-dealkylation sites (N-methyl/N-ethyl adjacent to an activating group) is 1. The summed E-state index contributed by atoms with van der Waals surface area (Å²) in [5.74, 6) is 0. The van der Waals surface area contributed by atoms with Gasteiger partial charge in [-0.05, 0) is 20.2 Å². The smallest absolute Gasteiger partial charge is 0.0937 e. The van der Waals surface area contributed by atoms with Gasteiger partial charge in [0.25, 0.3) is 0 Å². The van der Waals surface area contributed by atoms with Gasteiger partial charge < -0.3 is 14.6 Å². The molecule has 0 aliphatic heterocycles. The van der Waals surface area contributed by atoms with Crippen LogP contribution < -0.4 is 0 Å². The highest BCUT2D eigenvalue weighted by molar-refractivity contribution is 5.84. The minimum atomic E-state index is -0.430. The lowest BCUT2D eigenvalue weighted by molar-refractivity contribution is 0.139. The Hall–Kier alpha value is -1.32. The summed E-state index contributed by atoms with van der Waals surface area (Å²) in [5, 5.41) is 11.3. The standard InChI is InChI=1S/C13H18N2O/c1-14(2)9-13(16)11-8-15(3)12-7-5-4-6-10(11)12/h4-8,13,16H,9H2,1-3H3/t13-/m0/s1. The molecular weight excluding hydrogens is 200 g/mol. The number of benzene rings is 1. The Bertz CT molecular complexity index is 488. The Balaban J connectivity index is 2.44. The molecule has 1 atom stereocenters. The summed E-state index contributed by atoms with van der Waals surface area (Å²) in [6, 6.07) is 8.16. The van der Waals surface area contributed by atoms with Gasteiger partial charge in [-0.15, -0.1) is 0 Å². The number of hydrogen-bond acceptors (Lipinski definition) is 2. The molecule has 0 aliphatic carbocycles. The lowest BCUT2D eigenvalue weighted by atomic mass is 10.1. The number of aromatic nitrogens is 1. The minimum absolute atomic E-state index is 0.430. The van der Waals surface area contributed by atoms with Crippen LogP contribution in [0.5, 0.6) is 0 Å². The van der Waals surface area contributed by atoms with Crippen molar-refractivity contribution in [2.75, 3.05) is 20.6 Å². The molecule has 3 nitrogen and oxygen atoms in total. The molecule has 1 aromatic carbocycles. The molecule has 2 aromatic rings. The molecule has 0 bridgehead atoms. The molecule has 0 amide bonds. The summed E-state index contributed by atoms with van der Waals surface area (Å²) in [7, 11) is 5.94. The van der Waals surface area contributed by atoms with E-state index < -0.39 is 6.10 Å². The molecule has 16 heavy (non-hydrogen) atoms. The van der Waals surface area contributed by atoms with Crippen LogP contribution in [0.4, 0.5) is 0 Å². The van der Waals surface area contributed by atoms with E-state index in [9.17, 15) is 5.11 Å². The van der Waals surface area contributed by atoms with Crippen molar-refractivity contribution in [2.45, 2.75) is 6.10 Å². The van der Waals surface area contributed by atoms with E-state index >= 15 is 0 Å². The number of aryl methyl sites for hydroxylation is 1. The maximum absolute atomic E-state index is 10.1. The summed E-state index contributed by atoms with van der Waals surface area (Å²) in [4.78, 5) is 1.99. The minimum Gasteiger partial charge on any atom is -0.387 e.